The summed E-state index contributed by atoms with van der Waals surface area (Å²) in [6, 6.07) is 9.99. The number of esters is 1. The Balaban J connectivity index is 1.61. The van der Waals surface area contributed by atoms with Crippen LogP contribution < -0.4 is 4.74 Å². The quantitative estimate of drug-likeness (QED) is 0.519. The van der Waals surface area contributed by atoms with Gasteiger partial charge in [0, 0.05) is 5.56 Å². The van der Waals surface area contributed by atoms with Crippen LogP contribution in [0.15, 0.2) is 47.0 Å². The number of aryl methyl sites for hydroxylation is 2. The molecule has 0 radical (unpaired) electrons. The van der Waals surface area contributed by atoms with Gasteiger partial charge in [0.2, 0.25) is 5.82 Å². The average molecular weight is 420 g/mol. The number of rotatable bonds is 6. The molecule has 1 heterocycles. The minimum Gasteiger partial charge on any atom is -0.482 e. The fourth-order valence-electron chi connectivity index (χ4n) is 2.58. The van der Waals surface area contributed by atoms with E-state index >= 15 is 0 Å². The summed E-state index contributed by atoms with van der Waals surface area (Å²) < 4.78 is 54.2. The molecule has 0 fully saturated rings. The second kappa shape index (κ2) is 8.56. The topological polar surface area (TPSA) is 74.5 Å². The number of hydrogen-bond donors (Lipinski definition) is 0. The van der Waals surface area contributed by atoms with E-state index in [9.17, 15) is 18.0 Å². The third kappa shape index (κ3) is 5.16. The number of halogens is 3. The Morgan fingerprint density at radius 2 is 1.90 bits per heavy atom. The molecule has 0 bridgehead atoms. The number of aromatic nitrogens is 2. The van der Waals surface area contributed by atoms with E-state index in [0.717, 1.165) is 23.3 Å². The first kappa shape index (κ1) is 21.4. The second-order valence-corrected chi connectivity index (χ2v) is 6.70. The number of hydrogen-bond acceptors (Lipinski definition) is 6. The van der Waals surface area contributed by atoms with Gasteiger partial charge in [-0.3, -0.25) is 0 Å². The smallest absolute Gasteiger partial charge is 0.416 e. The number of carbonyl (C=O) groups is 1. The number of carbonyl (C=O) groups excluding carboxylic acids is 1. The summed E-state index contributed by atoms with van der Waals surface area (Å²) in [5.41, 5.74) is 1.44. The Morgan fingerprint density at radius 1 is 1.13 bits per heavy atom. The molecule has 1 unspecified atom stereocenters. The maximum absolute atomic E-state index is 12.9. The number of benzene rings is 2. The van der Waals surface area contributed by atoms with E-state index in [0.29, 0.717) is 5.75 Å². The molecule has 0 aliphatic carbocycles. The highest BCUT2D eigenvalue weighted by molar-refractivity contribution is 5.71. The molecule has 2 aromatic carbocycles. The van der Waals surface area contributed by atoms with Gasteiger partial charge in [-0.15, -0.1) is 0 Å². The Morgan fingerprint density at radius 3 is 2.60 bits per heavy atom. The zero-order valence-electron chi connectivity index (χ0n) is 16.5. The van der Waals surface area contributed by atoms with Crippen LogP contribution in [0.25, 0.3) is 11.4 Å². The van der Waals surface area contributed by atoms with Gasteiger partial charge in [-0.1, -0.05) is 23.4 Å². The molecule has 6 nitrogen and oxygen atoms in total. The van der Waals surface area contributed by atoms with Crippen LogP contribution in [-0.2, 0) is 15.7 Å². The lowest BCUT2D eigenvalue weighted by molar-refractivity contribution is -0.152. The van der Waals surface area contributed by atoms with Crippen molar-refractivity contribution < 1.29 is 32.0 Å². The highest BCUT2D eigenvalue weighted by atomic mass is 19.4. The van der Waals surface area contributed by atoms with Gasteiger partial charge in [-0.2, -0.15) is 18.2 Å². The monoisotopic (exact) mass is 420 g/mol. The van der Waals surface area contributed by atoms with Gasteiger partial charge in [-0.05, 0) is 56.2 Å². The first-order valence-electron chi connectivity index (χ1n) is 9.04. The van der Waals surface area contributed by atoms with E-state index in [2.05, 4.69) is 10.1 Å². The SMILES string of the molecule is Cc1ccc(OCC(=O)OC(C)c2nc(-c3cccc(C(F)(F)F)c3)no2)cc1C. The summed E-state index contributed by atoms with van der Waals surface area (Å²) in [4.78, 5) is 16.1. The summed E-state index contributed by atoms with van der Waals surface area (Å²) in [5.74, 6) is -0.195. The van der Waals surface area contributed by atoms with Gasteiger partial charge >= 0.3 is 12.1 Å². The van der Waals surface area contributed by atoms with Crippen LogP contribution in [0.1, 0.15) is 35.6 Å². The van der Waals surface area contributed by atoms with Gasteiger partial charge < -0.3 is 14.0 Å². The molecule has 9 heteroatoms. The van der Waals surface area contributed by atoms with Crippen molar-refractivity contribution in [2.45, 2.75) is 33.1 Å². The predicted octanol–water partition coefficient (Wildman–Crippen LogP) is 5.06. The largest absolute Gasteiger partial charge is 0.482 e. The van der Waals surface area contributed by atoms with Crippen molar-refractivity contribution in [3.05, 3.63) is 65.0 Å². The summed E-state index contributed by atoms with van der Waals surface area (Å²) in [6.45, 7) is 5.09. The first-order chi connectivity index (χ1) is 14.1. The zero-order chi connectivity index (χ0) is 21.9. The molecule has 1 aromatic heterocycles. The standard InChI is InChI=1S/C21H19F3N2O4/c1-12-7-8-17(9-13(12)2)28-11-18(27)29-14(3)20-25-19(26-30-20)15-5-4-6-16(10-15)21(22,23)24/h4-10,14H,11H2,1-3H3. The van der Waals surface area contributed by atoms with Crippen molar-refractivity contribution in [1.29, 1.82) is 0 Å². The molecule has 0 aliphatic heterocycles. The third-order valence-corrected chi connectivity index (χ3v) is 4.38. The Hall–Kier alpha value is -3.36. The van der Waals surface area contributed by atoms with Crippen LogP contribution in [0.5, 0.6) is 5.75 Å². The maximum Gasteiger partial charge on any atom is 0.416 e. The lowest BCUT2D eigenvalue weighted by atomic mass is 10.1. The van der Waals surface area contributed by atoms with Gasteiger partial charge in [0.05, 0.1) is 5.56 Å². The fraction of sp³-hybridized carbons (Fsp3) is 0.286. The van der Waals surface area contributed by atoms with E-state index < -0.39 is 23.8 Å². The molecule has 158 valence electrons. The van der Waals surface area contributed by atoms with Gasteiger partial charge in [-0.25, -0.2) is 4.79 Å². The molecule has 3 rings (SSSR count). The Kier molecular flexibility index (Phi) is 6.09. The maximum atomic E-state index is 12.9. The van der Waals surface area contributed by atoms with Crippen LogP contribution in [0, 0.1) is 13.8 Å². The minimum atomic E-state index is -4.48. The molecule has 0 saturated heterocycles. The van der Waals surface area contributed by atoms with E-state index in [1.807, 2.05) is 26.0 Å². The van der Waals surface area contributed by atoms with Crippen molar-refractivity contribution in [3.8, 4) is 17.1 Å². The van der Waals surface area contributed by atoms with Crippen LogP contribution >= 0.6 is 0 Å². The van der Waals surface area contributed by atoms with Crippen LogP contribution in [0.2, 0.25) is 0 Å². The molecular formula is C21H19F3N2O4. The molecule has 0 spiro atoms. The van der Waals surface area contributed by atoms with E-state index in [1.54, 1.807) is 6.07 Å². The van der Waals surface area contributed by atoms with Crippen molar-refractivity contribution >= 4 is 5.97 Å². The molecule has 1 atom stereocenters. The van der Waals surface area contributed by atoms with E-state index in [1.165, 1.54) is 19.1 Å². The lowest BCUT2D eigenvalue weighted by Gasteiger charge is -2.11. The fourth-order valence-corrected chi connectivity index (χ4v) is 2.58. The van der Waals surface area contributed by atoms with E-state index in [4.69, 9.17) is 14.0 Å². The van der Waals surface area contributed by atoms with Crippen molar-refractivity contribution in [2.24, 2.45) is 0 Å². The predicted molar refractivity (Wildman–Crippen MR) is 101 cm³/mol. The molecule has 3 aromatic rings. The summed E-state index contributed by atoms with van der Waals surface area (Å²) in [5, 5.41) is 3.67. The number of alkyl halides is 3. The summed E-state index contributed by atoms with van der Waals surface area (Å²) >= 11 is 0. The Bertz CT molecular complexity index is 1050. The van der Waals surface area contributed by atoms with Gasteiger partial charge in [0.25, 0.3) is 5.89 Å². The minimum absolute atomic E-state index is 0.0367. The molecule has 0 aliphatic rings. The van der Waals surface area contributed by atoms with Crippen LogP contribution in [0.4, 0.5) is 13.2 Å². The summed E-state index contributed by atoms with van der Waals surface area (Å²) in [7, 11) is 0. The van der Waals surface area contributed by atoms with Crippen molar-refractivity contribution in [2.75, 3.05) is 6.61 Å². The second-order valence-electron chi connectivity index (χ2n) is 6.70. The van der Waals surface area contributed by atoms with Gasteiger partial charge in [0.15, 0.2) is 12.7 Å². The molecule has 0 N–H and O–H groups in total. The average Bonchev–Trinajstić information content (AvgIpc) is 3.19. The zero-order valence-corrected chi connectivity index (χ0v) is 16.5. The lowest BCUT2D eigenvalue weighted by Crippen LogP contribution is -2.17. The number of ether oxygens (including phenoxy) is 2. The number of nitrogens with zero attached hydrogens (tertiary/aromatic N) is 2. The highest BCUT2D eigenvalue weighted by Gasteiger charge is 2.31. The van der Waals surface area contributed by atoms with Crippen LogP contribution in [-0.4, -0.2) is 22.7 Å². The van der Waals surface area contributed by atoms with E-state index in [-0.39, 0.29) is 23.9 Å². The summed E-state index contributed by atoms with van der Waals surface area (Å²) in [6.07, 6.45) is -5.38. The normalized spacial score (nSPS) is 12.5. The van der Waals surface area contributed by atoms with Crippen molar-refractivity contribution in [1.82, 2.24) is 10.1 Å². The molecule has 0 saturated carbocycles. The van der Waals surface area contributed by atoms with Crippen LogP contribution in [0.3, 0.4) is 0 Å². The third-order valence-electron chi connectivity index (χ3n) is 4.38. The highest BCUT2D eigenvalue weighted by Crippen LogP contribution is 2.31. The van der Waals surface area contributed by atoms with Gasteiger partial charge in [0.1, 0.15) is 5.75 Å². The first-order valence-corrected chi connectivity index (χ1v) is 9.04. The van der Waals surface area contributed by atoms with Crippen molar-refractivity contribution in [3.63, 3.8) is 0 Å². The molecular weight excluding hydrogens is 401 g/mol. The Labute approximate surface area is 170 Å². The molecule has 30 heavy (non-hydrogen) atoms. The molecule has 0 amide bonds.